The molecule has 1 N–H and O–H groups in total. The molecule has 1 aromatic rings. The van der Waals surface area contributed by atoms with Crippen LogP contribution in [0.4, 0.5) is 5.69 Å². The van der Waals surface area contributed by atoms with E-state index < -0.39 is 0 Å². The highest BCUT2D eigenvalue weighted by atomic mass is 16.5. The predicted molar refractivity (Wildman–Crippen MR) is 65.2 cm³/mol. The second kappa shape index (κ2) is 6.67. The molecule has 16 heavy (non-hydrogen) atoms. The Morgan fingerprint density at radius 2 is 2.12 bits per heavy atom. The highest BCUT2D eigenvalue weighted by molar-refractivity contribution is 5.82. The number of esters is 1. The summed E-state index contributed by atoms with van der Waals surface area (Å²) < 4.78 is 4.77. The van der Waals surface area contributed by atoms with Gasteiger partial charge in [-0.15, -0.1) is 0 Å². The number of nitrogens with one attached hydrogen (secondary N) is 1. The second-order valence-electron chi connectivity index (χ2n) is 3.24. The number of benzene rings is 1. The molecule has 0 aromatic heterocycles. The lowest BCUT2D eigenvalue weighted by atomic mass is 10.1. The molecule has 0 amide bonds. The molecule has 1 rings (SSSR count). The maximum atomic E-state index is 11.0. The van der Waals surface area contributed by atoms with Crippen LogP contribution in [0.3, 0.4) is 0 Å². The summed E-state index contributed by atoms with van der Waals surface area (Å²) in [7, 11) is 0. The maximum absolute atomic E-state index is 11.0. The van der Waals surface area contributed by atoms with Crippen molar-refractivity contribution in [2.45, 2.75) is 20.3 Å². The van der Waals surface area contributed by atoms with E-state index in [2.05, 4.69) is 18.3 Å². The molecule has 0 aliphatic rings. The number of para-hydroxylation sites is 1. The van der Waals surface area contributed by atoms with E-state index in [1.807, 2.05) is 18.2 Å². The van der Waals surface area contributed by atoms with E-state index in [9.17, 15) is 4.79 Å². The summed E-state index contributed by atoms with van der Waals surface area (Å²) in [5.74, 6) is -0.330. The van der Waals surface area contributed by atoms with E-state index in [1.165, 1.54) is 11.6 Å². The van der Waals surface area contributed by atoms with Crippen LogP contribution < -0.4 is 5.32 Å². The summed E-state index contributed by atoms with van der Waals surface area (Å²) in [5, 5.41) is 3.07. The van der Waals surface area contributed by atoms with E-state index in [0.29, 0.717) is 6.61 Å². The minimum Gasteiger partial charge on any atom is -0.463 e. The molecule has 0 saturated heterocycles. The largest absolute Gasteiger partial charge is 0.463 e. The van der Waals surface area contributed by atoms with Gasteiger partial charge in [0.15, 0.2) is 0 Å². The Kier molecular flexibility index (Phi) is 5.12. The highest BCUT2D eigenvalue weighted by Gasteiger charge is 1.97. The molecule has 3 nitrogen and oxygen atoms in total. The van der Waals surface area contributed by atoms with Gasteiger partial charge in [-0.05, 0) is 25.0 Å². The van der Waals surface area contributed by atoms with Gasteiger partial charge >= 0.3 is 5.97 Å². The van der Waals surface area contributed by atoms with Crippen LogP contribution in [0.25, 0.3) is 0 Å². The number of hydrogen-bond donors (Lipinski definition) is 1. The van der Waals surface area contributed by atoms with Crippen LogP contribution in [-0.4, -0.2) is 12.6 Å². The lowest BCUT2D eigenvalue weighted by molar-refractivity contribution is -0.137. The number of carbonyl (C=O) groups is 1. The van der Waals surface area contributed by atoms with Crippen LogP contribution in [0.1, 0.15) is 19.4 Å². The van der Waals surface area contributed by atoms with Gasteiger partial charge in [-0.3, -0.25) is 0 Å². The predicted octanol–water partition coefficient (Wildman–Crippen LogP) is 2.74. The molecule has 0 aliphatic heterocycles. The number of hydrogen-bond acceptors (Lipinski definition) is 3. The van der Waals surface area contributed by atoms with Crippen molar-refractivity contribution >= 4 is 11.7 Å². The maximum Gasteiger partial charge on any atom is 0.332 e. The van der Waals surface area contributed by atoms with E-state index in [-0.39, 0.29) is 5.97 Å². The molecule has 0 spiro atoms. The van der Waals surface area contributed by atoms with Crippen LogP contribution in [0, 0.1) is 0 Å². The smallest absolute Gasteiger partial charge is 0.332 e. The summed E-state index contributed by atoms with van der Waals surface area (Å²) in [6, 6.07) is 7.99. The number of anilines is 1. The fraction of sp³-hybridized carbons (Fsp3) is 0.308. The molecule has 0 radical (unpaired) electrons. The van der Waals surface area contributed by atoms with Crippen molar-refractivity contribution in [3.63, 3.8) is 0 Å². The Hall–Kier alpha value is -1.77. The van der Waals surface area contributed by atoms with Crippen molar-refractivity contribution in [2.75, 3.05) is 11.9 Å². The number of rotatable bonds is 5. The Bertz CT molecular complexity index is 372. The van der Waals surface area contributed by atoms with E-state index in [0.717, 1.165) is 12.1 Å². The normalized spacial score (nSPS) is 10.4. The minimum atomic E-state index is -0.330. The van der Waals surface area contributed by atoms with Crippen molar-refractivity contribution in [3.05, 3.63) is 42.1 Å². The number of ether oxygens (including phenoxy) is 1. The number of aryl methyl sites for hydroxylation is 1. The molecular weight excluding hydrogens is 202 g/mol. The summed E-state index contributed by atoms with van der Waals surface area (Å²) in [4.78, 5) is 11.0. The fourth-order valence-electron chi connectivity index (χ4n) is 1.36. The summed E-state index contributed by atoms with van der Waals surface area (Å²) in [6.45, 7) is 4.27. The van der Waals surface area contributed by atoms with Gasteiger partial charge in [0, 0.05) is 18.0 Å². The molecule has 0 bridgehead atoms. The van der Waals surface area contributed by atoms with Gasteiger partial charge in [0.25, 0.3) is 0 Å². The molecule has 0 fully saturated rings. The molecule has 0 aliphatic carbocycles. The van der Waals surface area contributed by atoms with E-state index in [4.69, 9.17) is 4.74 Å². The quantitative estimate of drug-likeness (QED) is 0.611. The lowest BCUT2D eigenvalue weighted by Crippen LogP contribution is -2.01. The molecule has 0 heterocycles. The van der Waals surface area contributed by atoms with Gasteiger partial charge in [0.1, 0.15) is 0 Å². The highest BCUT2D eigenvalue weighted by Crippen LogP contribution is 2.14. The average molecular weight is 219 g/mol. The first-order valence-electron chi connectivity index (χ1n) is 5.45. The standard InChI is InChI=1S/C13H17NO2/c1-3-11-7-5-6-8-12(11)14-10-9-13(15)16-4-2/h5-10,14H,3-4H2,1-2H3. The molecule has 1 aromatic carbocycles. The van der Waals surface area contributed by atoms with Crippen LogP contribution in [0.15, 0.2) is 36.5 Å². The second-order valence-corrected chi connectivity index (χ2v) is 3.24. The van der Waals surface area contributed by atoms with Crippen LogP contribution >= 0.6 is 0 Å². The summed E-state index contributed by atoms with van der Waals surface area (Å²) in [6.07, 6.45) is 3.94. The van der Waals surface area contributed by atoms with E-state index >= 15 is 0 Å². The molecule has 3 heteroatoms. The van der Waals surface area contributed by atoms with Gasteiger partial charge in [0.2, 0.25) is 0 Å². The molecular formula is C13H17NO2. The third-order valence-electron chi connectivity index (χ3n) is 2.14. The zero-order valence-corrected chi connectivity index (χ0v) is 9.69. The average Bonchev–Trinajstić information content (AvgIpc) is 2.30. The van der Waals surface area contributed by atoms with E-state index in [1.54, 1.807) is 13.1 Å². The summed E-state index contributed by atoms with van der Waals surface area (Å²) in [5.41, 5.74) is 2.24. The van der Waals surface area contributed by atoms with Gasteiger partial charge in [-0.25, -0.2) is 4.79 Å². The zero-order chi connectivity index (χ0) is 11.8. The minimum absolute atomic E-state index is 0.330. The van der Waals surface area contributed by atoms with Crippen molar-refractivity contribution in [1.29, 1.82) is 0 Å². The topological polar surface area (TPSA) is 38.3 Å². The Morgan fingerprint density at radius 3 is 2.81 bits per heavy atom. The van der Waals surface area contributed by atoms with Crippen molar-refractivity contribution in [2.24, 2.45) is 0 Å². The van der Waals surface area contributed by atoms with Gasteiger partial charge in [0.05, 0.1) is 6.61 Å². The Labute approximate surface area is 96.1 Å². The third-order valence-corrected chi connectivity index (χ3v) is 2.14. The van der Waals surface area contributed by atoms with Gasteiger partial charge in [-0.1, -0.05) is 25.1 Å². The first-order chi connectivity index (χ1) is 7.77. The van der Waals surface area contributed by atoms with Gasteiger partial charge in [-0.2, -0.15) is 0 Å². The van der Waals surface area contributed by atoms with Gasteiger partial charge < -0.3 is 10.1 Å². The lowest BCUT2D eigenvalue weighted by Gasteiger charge is -2.06. The first-order valence-corrected chi connectivity index (χ1v) is 5.45. The van der Waals surface area contributed by atoms with Crippen LogP contribution in [0.5, 0.6) is 0 Å². The van der Waals surface area contributed by atoms with Crippen molar-refractivity contribution in [3.8, 4) is 0 Å². The van der Waals surface area contributed by atoms with Crippen molar-refractivity contribution in [1.82, 2.24) is 0 Å². The third kappa shape index (κ3) is 3.77. The summed E-state index contributed by atoms with van der Waals surface area (Å²) >= 11 is 0. The van der Waals surface area contributed by atoms with Crippen LogP contribution in [0.2, 0.25) is 0 Å². The molecule has 86 valence electrons. The van der Waals surface area contributed by atoms with Crippen LogP contribution in [-0.2, 0) is 16.0 Å². The molecule has 0 unspecified atom stereocenters. The Morgan fingerprint density at radius 1 is 1.38 bits per heavy atom. The fourth-order valence-corrected chi connectivity index (χ4v) is 1.36. The monoisotopic (exact) mass is 219 g/mol. The first kappa shape index (κ1) is 12.3. The number of carbonyl (C=O) groups excluding carboxylic acids is 1. The SMILES string of the molecule is CCOC(=O)C=CNc1ccccc1CC. The zero-order valence-electron chi connectivity index (χ0n) is 9.69. The van der Waals surface area contributed by atoms with Crippen molar-refractivity contribution < 1.29 is 9.53 Å². The molecule has 0 atom stereocenters. The Balaban J connectivity index is 2.57. The molecule has 0 saturated carbocycles.